The monoisotopic (exact) mass is 239 g/mol. The van der Waals surface area contributed by atoms with Gasteiger partial charge in [0.1, 0.15) is 6.61 Å². The van der Waals surface area contributed by atoms with Crippen LogP contribution >= 0.6 is 0 Å². The number of ether oxygens (including phenoxy) is 1. The number of nitrogens with zero attached hydrogens (tertiary/aromatic N) is 2. The summed E-state index contributed by atoms with van der Waals surface area (Å²) in [7, 11) is 0. The highest BCUT2D eigenvalue weighted by Crippen LogP contribution is 2.29. The van der Waals surface area contributed by atoms with E-state index in [0.29, 0.717) is 30.2 Å². The molecule has 1 saturated carbocycles. The van der Waals surface area contributed by atoms with E-state index in [0.717, 1.165) is 13.2 Å². The Balaban J connectivity index is 1.73. The van der Waals surface area contributed by atoms with Gasteiger partial charge in [0.25, 0.3) is 5.89 Å². The van der Waals surface area contributed by atoms with Gasteiger partial charge in [-0.1, -0.05) is 18.0 Å². The van der Waals surface area contributed by atoms with Crippen molar-refractivity contribution in [2.45, 2.75) is 39.2 Å². The van der Waals surface area contributed by atoms with Crippen LogP contribution < -0.4 is 5.73 Å². The van der Waals surface area contributed by atoms with E-state index >= 15 is 0 Å². The molecule has 5 nitrogen and oxygen atoms in total. The Hall–Kier alpha value is -0.940. The summed E-state index contributed by atoms with van der Waals surface area (Å²) in [5.41, 5.74) is 5.78. The smallest absolute Gasteiger partial charge is 0.252 e. The van der Waals surface area contributed by atoms with Crippen LogP contribution in [0.5, 0.6) is 0 Å². The fourth-order valence-electron chi connectivity index (χ4n) is 2.51. The first-order chi connectivity index (χ1) is 8.29. The van der Waals surface area contributed by atoms with Crippen LogP contribution in [0.2, 0.25) is 0 Å². The second kappa shape index (κ2) is 6.12. The van der Waals surface area contributed by atoms with Crippen molar-refractivity contribution >= 4 is 0 Å². The van der Waals surface area contributed by atoms with E-state index in [1.165, 1.54) is 25.7 Å². The molecular formula is C12H21N3O2. The molecule has 0 aliphatic heterocycles. The van der Waals surface area contributed by atoms with E-state index in [1.807, 2.05) is 0 Å². The first kappa shape index (κ1) is 12.5. The Morgan fingerprint density at radius 1 is 1.35 bits per heavy atom. The fourth-order valence-corrected chi connectivity index (χ4v) is 2.51. The quantitative estimate of drug-likeness (QED) is 0.845. The lowest BCUT2D eigenvalue weighted by Crippen LogP contribution is -2.29. The molecule has 1 heterocycles. The maximum Gasteiger partial charge on any atom is 0.252 e. The van der Waals surface area contributed by atoms with E-state index in [4.69, 9.17) is 15.0 Å². The minimum atomic E-state index is 0.411. The van der Waals surface area contributed by atoms with Gasteiger partial charge in [-0.25, -0.2) is 0 Å². The van der Waals surface area contributed by atoms with Crippen LogP contribution in [0, 0.1) is 18.8 Å². The molecule has 1 aromatic rings. The van der Waals surface area contributed by atoms with Crippen molar-refractivity contribution in [1.29, 1.82) is 0 Å². The Morgan fingerprint density at radius 2 is 2.12 bits per heavy atom. The predicted molar refractivity (Wildman–Crippen MR) is 63.2 cm³/mol. The van der Waals surface area contributed by atoms with Gasteiger partial charge in [0.2, 0.25) is 0 Å². The van der Waals surface area contributed by atoms with Gasteiger partial charge in [0.05, 0.1) is 6.61 Å². The molecule has 1 fully saturated rings. The van der Waals surface area contributed by atoms with Gasteiger partial charge in [-0.15, -0.1) is 0 Å². The van der Waals surface area contributed by atoms with Gasteiger partial charge in [0.15, 0.2) is 5.82 Å². The van der Waals surface area contributed by atoms with Crippen molar-refractivity contribution < 1.29 is 9.26 Å². The maximum atomic E-state index is 5.78. The molecule has 2 atom stereocenters. The number of hydrogen-bond donors (Lipinski definition) is 1. The third-order valence-electron chi connectivity index (χ3n) is 3.50. The van der Waals surface area contributed by atoms with Gasteiger partial charge in [0, 0.05) is 0 Å². The molecular weight excluding hydrogens is 218 g/mol. The summed E-state index contributed by atoms with van der Waals surface area (Å²) in [5.74, 6) is 2.43. The van der Waals surface area contributed by atoms with Gasteiger partial charge in [-0.2, -0.15) is 4.98 Å². The first-order valence-corrected chi connectivity index (χ1v) is 6.36. The fraction of sp³-hybridized carbons (Fsp3) is 0.833. The molecule has 0 radical (unpaired) electrons. The minimum Gasteiger partial charge on any atom is -0.371 e. The van der Waals surface area contributed by atoms with Crippen molar-refractivity contribution in [2.75, 3.05) is 13.2 Å². The van der Waals surface area contributed by atoms with Gasteiger partial charge in [-0.3, -0.25) is 0 Å². The Bertz CT molecular complexity index is 340. The lowest BCUT2D eigenvalue weighted by Gasteiger charge is -2.30. The average Bonchev–Trinajstić information content (AvgIpc) is 2.76. The number of hydrogen-bond acceptors (Lipinski definition) is 5. The summed E-state index contributed by atoms with van der Waals surface area (Å²) >= 11 is 0. The molecule has 2 N–H and O–H groups in total. The summed E-state index contributed by atoms with van der Waals surface area (Å²) in [6.07, 6.45) is 5.07. The summed E-state index contributed by atoms with van der Waals surface area (Å²) in [4.78, 5) is 4.11. The van der Waals surface area contributed by atoms with Gasteiger partial charge < -0.3 is 15.0 Å². The first-order valence-electron chi connectivity index (χ1n) is 6.36. The molecule has 1 aliphatic rings. The number of aryl methyl sites for hydroxylation is 1. The molecule has 96 valence electrons. The third kappa shape index (κ3) is 3.51. The van der Waals surface area contributed by atoms with Crippen LogP contribution in [0.1, 0.15) is 37.4 Å². The minimum absolute atomic E-state index is 0.411. The van der Waals surface area contributed by atoms with Crippen LogP contribution in [-0.2, 0) is 11.3 Å². The second-order valence-corrected chi connectivity index (χ2v) is 4.79. The maximum absolute atomic E-state index is 5.78. The normalized spacial score (nSPS) is 25.1. The molecule has 2 unspecified atom stereocenters. The highest BCUT2D eigenvalue weighted by molar-refractivity contribution is 4.81. The molecule has 5 heteroatoms. The van der Waals surface area contributed by atoms with E-state index in [1.54, 1.807) is 6.92 Å². The molecule has 0 amide bonds. The molecule has 17 heavy (non-hydrogen) atoms. The van der Waals surface area contributed by atoms with E-state index < -0.39 is 0 Å². The summed E-state index contributed by atoms with van der Waals surface area (Å²) in [5, 5.41) is 3.73. The predicted octanol–water partition coefficient (Wildman–Crippen LogP) is 1.66. The lowest BCUT2D eigenvalue weighted by molar-refractivity contribution is 0.0387. The lowest BCUT2D eigenvalue weighted by atomic mass is 9.80. The van der Waals surface area contributed by atoms with Crippen LogP contribution in [-0.4, -0.2) is 23.3 Å². The van der Waals surface area contributed by atoms with Gasteiger partial charge >= 0.3 is 0 Å². The number of aromatic nitrogens is 2. The average molecular weight is 239 g/mol. The highest BCUT2D eigenvalue weighted by atomic mass is 16.5. The Morgan fingerprint density at radius 3 is 2.76 bits per heavy atom. The van der Waals surface area contributed by atoms with E-state index in [-0.39, 0.29) is 0 Å². The van der Waals surface area contributed by atoms with Crippen molar-refractivity contribution in [1.82, 2.24) is 10.1 Å². The zero-order chi connectivity index (χ0) is 12.1. The molecule has 1 aliphatic carbocycles. The Kier molecular flexibility index (Phi) is 4.50. The summed E-state index contributed by atoms with van der Waals surface area (Å²) < 4.78 is 10.6. The zero-order valence-corrected chi connectivity index (χ0v) is 10.4. The van der Waals surface area contributed by atoms with Crippen molar-refractivity contribution in [2.24, 2.45) is 17.6 Å². The van der Waals surface area contributed by atoms with Crippen molar-refractivity contribution in [3.05, 3.63) is 11.7 Å². The van der Waals surface area contributed by atoms with Crippen LogP contribution in [0.25, 0.3) is 0 Å². The van der Waals surface area contributed by atoms with Crippen LogP contribution in [0.3, 0.4) is 0 Å². The number of rotatable bonds is 5. The van der Waals surface area contributed by atoms with E-state index in [2.05, 4.69) is 10.1 Å². The van der Waals surface area contributed by atoms with Crippen molar-refractivity contribution in [3.63, 3.8) is 0 Å². The number of nitrogens with two attached hydrogens (primary N) is 1. The molecule has 0 bridgehead atoms. The molecule has 2 rings (SSSR count). The third-order valence-corrected chi connectivity index (χ3v) is 3.50. The highest BCUT2D eigenvalue weighted by Gasteiger charge is 2.24. The molecule has 0 spiro atoms. The largest absolute Gasteiger partial charge is 0.371 e. The topological polar surface area (TPSA) is 74.2 Å². The molecule has 1 aromatic heterocycles. The van der Waals surface area contributed by atoms with Crippen LogP contribution in [0.15, 0.2) is 4.52 Å². The second-order valence-electron chi connectivity index (χ2n) is 4.79. The zero-order valence-electron chi connectivity index (χ0n) is 10.4. The van der Waals surface area contributed by atoms with Crippen LogP contribution in [0.4, 0.5) is 0 Å². The molecule has 0 aromatic carbocycles. The summed E-state index contributed by atoms with van der Waals surface area (Å²) in [6.45, 7) is 3.74. The van der Waals surface area contributed by atoms with Crippen molar-refractivity contribution in [3.8, 4) is 0 Å². The standard InChI is InChI=1S/C12H21N3O2/c1-9-14-12(17-15-9)8-16-7-11-5-3-2-4-10(11)6-13/h10-11H,2-8,13H2,1H3. The summed E-state index contributed by atoms with van der Waals surface area (Å²) in [6, 6.07) is 0. The van der Waals surface area contributed by atoms with Gasteiger partial charge in [-0.05, 0) is 38.1 Å². The SMILES string of the molecule is Cc1noc(COCC2CCCCC2CN)n1. The van der Waals surface area contributed by atoms with E-state index in [9.17, 15) is 0 Å². The molecule has 0 saturated heterocycles. The Labute approximate surface area is 102 Å².